The molecular formula is C19H17N3O3. The summed E-state index contributed by atoms with van der Waals surface area (Å²) in [7, 11) is 0. The summed E-state index contributed by atoms with van der Waals surface area (Å²) in [5.74, 6) is 0.231. The zero-order chi connectivity index (χ0) is 17.6. The molecule has 0 saturated heterocycles. The van der Waals surface area contributed by atoms with Gasteiger partial charge in [-0.1, -0.05) is 12.1 Å². The van der Waals surface area contributed by atoms with Crippen molar-refractivity contribution in [2.45, 2.75) is 12.8 Å². The molecule has 1 aliphatic rings. The van der Waals surface area contributed by atoms with Gasteiger partial charge in [-0.25, -0.2) is 0 Å². The fourth-order valence-corrected chi connectivity index (χ4v) is 2.25. The van der Waals surface area contributed by atoms with Gasteiger partial charge in [0.1, 0.15) is 11.8 Å². The van der Waals surface area contributed by atoms with Crippen molar-refractivity contribution in [2.24, 2.45) is 5.92 Å². The highest BCUT2D eigenvalue weighted by atomic mass is 16.5. The van der Waals surface area contributed by atoms with Crippen molar-refractivity contribution in [2.75, 3.05) is 17.2 Å². The Morgan fingerprint density at radius 2 is 1.68 bits per heavy atom. The first-order valence-electron chi connectivity index (χ1n) is 7.98. The zero-order valence-corrected chi connectivity index (χ0v) is 13.5. The summed E-state index contributed by atoms with van der Waals surface area (Å²) in [6.45, 7) is -0.196. The number of nitriles is 1. The summed E-state index contributed by atoms with van der Waals surface area (Å²) in [5, 5.41) is 14.5. The largest absolute Gasteiger partial charge is 0.482 e. The Balaban J connectivity index is 1.50. The predicted octanol–water partition coefficient (Wildman–Crippen LogP) is 2.92. The first kappa shape index (κ1) is 16.5. The molecule has 2 N–H and O–H groups in total. The monoisotopic (exact) mass is 335 g/mol. The highest BCUT2D eigenvalue weighted by Crippen LogP contribution is 2.30. The van der Waals surface area contributed by atoms with E-state index in [1.807, 2.05) is 6.07 Å². The fraction of sp³-hybridized carbons (Fsp3) is 0.211. The molecule has 2 aromatic rings. The lowest BCUT2D eigenvalue weighted by atomic mass is 10.2. The van der Waals surface area contributed by atoms with Gasteiger partial charge in [-0.2, -0.15) is 5.26 Å². The number of hydrogen-bond donors (Lipinski definition) is 2. The van der Waals surface area contributed by atoms with Crippen LogP contribution < -0.4 is 15.4 Å². The number of anilines is 2. The van der Waals surface area contributed by atoms with Gasteiger partial charge < -0.3 is 15.4 Å². The van der Waals surface area contributed by atoms with Gasteiger partial charge in [0, 0.05) is 17.3 Å². The van der Waals surface area contributed by atoms with E-state index in [2.05, 4.69) is 10.6 Å². The molecule has 25 heavy (non-hydrogen) atoms. The van der Waals surface area contributed by atoms with Gasteiger partial charge in [0.15, 0.2) is 6.61 Å². The molecule has 6 nitrogen and oxygen atoms in total. The highest BCUT2D eigenvalue weighted by Gasteiger charge is 2.29. The molecule has 3 rings (SSSR count). The number of amides is 2. The quantitative estimate of drug-likeness (QED) is 0.849. The van der Waals surface area contributed by atoms with Crippen LogP contribution in [0.15, 0.2) is 48.5 Å². The van der Waals surface area contributed by atoms with Crippen LogP contribution in [-0.4, -0.2) is 18.4 Å². The number of benzene rings is 2. The van der Waals surface area contributed by atoms with E-state index in [1.54, 1.807) is 48.5 Å². The standard InChI is InChI=1S/C19H17N3O3/c20-11-14-3-1-2-4-17(14)25-12-18(23)21-15-7-9-16(10-8-15)22-19(24)13-5-6-13/h1-4,7-10,13H,5-6,12H2,(H,21,23)(H,22,24). The summed E-state index contributed by atoms with van der Waals surface area (Å²) < 4.78 is 5.38. The average Bonchev–Trinajstić information content (AvgIpc) is 3.47. The van der Waals surface area contributed by atoms with Gasteiger partial charge >= 0.3 is 0 Å². The number of ether oxygens (including phenoxy) is 1. The van der Waals surface area contributed by atoms with E-state index in [4.69, 9.17) is 10.00 Å². The molecule has 0 heterocycles. The third-order valence-corrected chi connectivity index (χ3v) is 3.75. The van der Waals surface area contributed by atoms with E-state index in [1.165, 1.54) is 0 Å². The van der Waals surface area contributed by atoms with E-state index in [0.29, 0.717) is 22.7 Å². The molecule has 0 aromatic heterocycles. The average molecular weight is 335 g/mol. The van der Waals surface area contributed by atoms with Crippen LogP contribution in [0.25, 0.3) is 0 Å². The van der Waals surface area contributed by atoms with Gasteiger partial charge in [0.2, 0.25) is 5.91 Å². The normalized spacial score (nSPS) is 12.8. The number of rotatable bonds is 6. The van der Waals surface area contributed by atoms with Crippen LogP contribution >= 0.6 is 0 Å². The number of carbonyl (C=O) groups is 2. The molecule has 2 amide bonds. The van der Waals surface area contributed by atoms with E-state index in [9.17, 15) is 9.59 Å². The van der Waals surface area contributed by atoms with Gasteiger partial charge in [-0.3, -0.25) is 9.59 Å². The van der Waals surface area contributed by atoms with Crippen molar-refractivity contribution in [1.29, 1.82) is 5.26 Å². The molecular weight excluding hydrogens is 318 g/mol. The Morgan fingerprint density at radius 3 is 2.32 bits per heavy atom. The van der Waals surface area contributed by atoms with Crippen LogP contribution in [0, 0.1) is 17.2 Å². The maximum Gasteiger partial charge on any atom is 0.262 e. The summed E-state index contributed by atoms with van der Waals surface area (Å²) in [6, 6.07) is 15.7. The summed E-state index contributed by atoms with van der Waals surface area (Å²) in [6.07, 6.45) is 1.91. The van der Waals surface area contributed by atoms with Crippen molar-refractivity contribution in [1.82, 2.24) is 0 Å². The minimum absolute atomic E-state index is 0.0429. The molecule has 126 valence electrons. The molecule has 2 aromatic carbocycles. The summed E-state index contributed by atoms with van der Waals surface area (Å²) in [4.78, 5) is 23.6. The van der Waals surface area contributed by atoms with E-state index in [-0.39, 0.29) is 24.3 Å². The molecule has 1 fully saturated rings. The molecule has 0 bridgehead atoms. The van der Waals surface area contributed by atoms with E-state index >= 15 is 0 Å². The second-order valence-electron chi connectivity index (χ2n) is 5.79. The maximum atomic E-state index is 12.0. The van der Waals surface area contributed by atoms with Gasteiger partial charge in [-0.15, -0.1) is 0 Å². The molecule has 6 heteroatoms. The highest BCUT2D eigenvalue weighted by molar-refractivity contribution is 5.95. The van der Waals surface area contributed by atoms with Crippen molar-refractivity contribution < 1.29 is 14.3 Å². The number of para-hydroxylation sites is 1. The van der Waals surface area contributed by atoms with Crippen molar-refractivity contribution in [3.05, 3.63) is 54.1 Å². The SMILES string of the molecule is N#Cc1ccccc1OCC(=O)Nc1ccc(NC(=O)C2CC2)cc1. The van der Waals surface area contributed by atoms with Crippen molar-refractivity contribution in [3.63, 3.8) is 0 Å². The molecule has 1 saturated carbocycles. The Kier molecular flexibility index (Phi) is 4.95. The number of hydrogen-bond acceptors (Lipinski definition) is 4. The minimum atomic E-state index is -0.331. The summed E-state index contributed by atoms with van der Waals surface area (Å²) in [5.41, 5.74) is 1.69. The topological polar surface area (TPSA) is 91.2 Å². The van der Waals surface area contributed by atoms with Gasteiger partial charge in [0.25, 0.3) is 5.91 Å². The molecule has 1 aliphatic carbocycles. The maximum absolute atomic E-state index is 12.0. The molecule has 0 atom stereocenters. The van der Waals surface area contributed by atoms with Gasteiger partial charge in [0.05, 0.1) is 5.56 Å². The number of nitrogens with zero attached hydrogens (tertiary/aromatic N) is 1. The first-order valence-corrected chi connectivity index (χ1v) is 7.98. The number of carbonyl (C=O) groups excluding carboxylic acids is 2. The fourth-order valence-electron chi connectivity index (χ4n) is 2.25. The molecule has 0 radical (unpaired) electrons. The van der Waals surface area contributed by atoms with Crippen LogP contribution in [0.4, 0.5) is 11.4 Å². The third-order valence-electron chi connectivity index (χ3n) is 3.75. The minimum Gasteiger partial charge on any atom is -0.482 e. The number of nitrogens with one attached hydrogen (secondary N) is 2. The first-order chi connectivity index (χ1) is 12.2. The third kappa shape index (κ3) is 4.58. The lowest BCUT2D eigenvalue weighted by molar-refractivity contribution is -0.118. The van der Waals surface area contributed by atoms with Crippen molar-refractivity contribution >= 4 is 23.2 Å². The molecule has 0 spiro atoms. The Hall–Kier alpha value is -3.33. The van der Waals surface area contributed by atoms with Crippen LogP contribution in [0.1, 0.15) is 18.4 Å². The zero-order valence-electron chi connectivity index (χ0n) is 13.5. The Labute approximate surface area is 145 Å². The second-order valence-corrected chi connectivity index (χ2v) is 5.79. The van der Waals surface area contributed by atoms with Crippen molar-refractivity contribution in [3.8, 4) is 11.8 Å². The van der Waals surface area contributed by atoms with E-state index < -0.39 is 0 Å². The summed E-state index contributed by atoms with van der Waals surface area (Å²) >= 11 is 0. The Morgan fingerprint density at radius 1 is 1.04 bits per heavy atom. The lowest BCUT2D eigenvalue weighted by Gasteiger charge is -2.09. The van der Waals surface area contributed by atoms with E-state index in [0.717, 1.165) is 12.8 Å². The lowest BCUT2D eigenvalue weighted by Crippen LogP contribution is -2.20. The predicted molar refractivity (Wildman–Crippen MR) is 93.1 cm³/mol. The Bertz CT molecular complexity index is 821. The second kappa shape index (κ2) is 7.49. The van der Waals surface area contributed by atoms with Crippen LogP contribution in [-0.2, 0) is 9.59 Å². The van der Waals surface area contributed by atoms with Crippen LogP contribution in [0.5, 0.6) is 5.75 Å². The molecule has 0 unspecified atom stereocenters. The molecule has 0 aliphatic heterocycles. The van der Waals surface area contributed by atoms with Gasteiger partial charge in [-0.05, 0) is 49.2 Å². The van der Waals surface area contributed by atoms with Crippen LogP contribution in [0.3, 0.4) is 0 Å². The van der Waals surface area contributed by atoms with Crippen LogP contribution in [0.2, 0.25) is 0 Å². The smallest absolute Gasteiger partial charge is 0.262 e.